The van der Waals surface area contributed by atoms with E-state index in [0.29, 0.717) is 22.8 Å². The van der Waals surface area contributed by atoms with Gasteiger partial charge in [-0.25, -0.2) is 4.98 Å². The summed E-state index contributed by atoms with van der Waals surface area (Å²) in [5.41, 5.74) is 10.1. The van der Waals surface area contributed by atoms with E-state index in [9.17, 15) is 4.79 Å². The second kappa shape index (κ2) is 10.3. The molecule has 164 valence electrons. The van der Waals surface area contributed by atoms with E-state index in [1.807, 2.05) is 39.0 Å². The van der Waals surface area contributed by atoms with E-state index < -0.39 is 0 Å². The monoisotopic (exact) mass is 430 g/mol. The summed E-state index contributed by atoms with van der Waals surface area (Å²) in [6, 6.07) is 7.50. The van der Waals surface area contributed by atoms with Gasteiger partial charge in [0, 0.05) is 43.0 Å². The van der Waals surface area contributed by atoms with E-state index in [2.05, 4.69) is 25.3 Å². The summed E-state index contributed by atoms with van der Waals surface area (Å²) in [6.07, 6.45) is 9.44. The fourth-order valence-electron chi connectivity index (χ4n) is 3.04. The summed E-state index contributed by atoms with van der Waals surface area (Å²) in [5.74, 6) is 0.718. The molecule has 2 aromatic heterocycles. The van der Waals surface area contributed by atoms with Crippen molar-refractivity contribution in [2.75, 3.05) is 12.4 Å². The number of anilines is 1. The van der Waals surface area contributed by atoms with Crippen LogP contribution in [0.5, 0.6) is 5.75 Å². The third-order valence-corrected chi connectivity index (χ3v) is 4.58. The van der Waals surface area contributed by atoms with E-state index in [0.717, 1.165) is 22.3 Å². The second-order valence-corrected chi connectivity index (χ2v) is 7.32. The first kappa shape index (κ1) is 22.6. The zero-order valence-electron chi connectivity index (χ0n) is 18.5. The quantitative estimate of drug-likeness (QED) is 0.550. The van der Waals surface area contributed by atoms with Gasteiger partial charge < -0.3 is 15.8 Å². The Bertz CT molecular complexity index is 1150. The van der Waals surface area contributed by atoms with Gasteiger partial charge in [0.15, 0.2) is 5.82 Å². The molecule has 0 saturated heterocycles. The summed E-state index contributed by atoms with van der Waals surface area (Å²) < 4.78 is 5.97. The highest BCUT2D eigenvalue weighted by Crippen LogP contribution is 2.32. The molecule has 0 aliphatic rings. The molecule has 0 radical (unpaired) electrons. The number of aromatic nitrogens is 3. The van der Waals surface area contributed by atoms with Gasteiger partial charge in [0.1, 0.15) is 5.75 Å². The van der Waals surface area contributed by atoms with Crippen molar-refractivity contribution < 1.29 is 9.53 Å². The van der Waals surface area contributed by atoms with Gasteiger partial charge in [0.25, 0.3) is 5.91 Å². The van der Waals surface area contributed by atoms with E-state index >= 15 is 0 Å². The average molecular weight is 431 g/mol. The highest BCUT2D eigenvalue weighted by molar-refractivity contribution is 6.10. The van der Waals surface area contributed by atoms with Gasteiger partial charge >= 0.3 is 0 Å². The van der Waals surface area contributed by atoms with Gasteiger partial charge in [-0.15, -0.1) is 0 Å². The van der Waals surface area contributed by atoms with Crippen molar-refractivity contribution in [2.45, 2.75) is 26.9 Å². The minimum absolute atomic E-state index is 0.0180. The number of carbonyl (C=O) groups excluding carboxylic acids is 1. The zero-order chi connectivity index (χ0) is 23.1. The molecule has 0 saturated carbocycles. The first-order chi connectivity index (χ1) is 15.4. The van der Waals surface area contributed by atoms with Crippen molar-refractivity contribution in [1.29, 1.82) is 0 Å². The molecule has 8 heteroatoms. The molecule has 3 N–H and O–H groups in total. The Balaban J connectivity index is 1.92. The average Bonchev–Trinajstić information content (AvgIpc) is 2.78. The number of carbonyl (C=O) groups is 1. The molecule has 1 aromatic carbocycles. The second-order valence-electron chi connectivity index (χ2n) is 7.32. The fourth-order valence-corrected chi connectivity index (χ4v) is 3.04. The molecule has 2 heterocycles. The van der Waals surface area contributed by atoms with Gasteiger partial charge in [0.2, 0.25) is 0 Å². The standard InChI is InChI=1S/C24H26N6O2/c1-15(2)32-22-6-5-17(18(10-25)11-26-4)9-19(22)21-13-29-23(14-28-21)30-24(31)20-12-27-8-7-16(20)3/h5-15H,25H2,1-4H3,(H,29,30,31). The number of nitrogens with two attached hydrogens (primary N) is 1. The Hall–Kier alpha value is -4.07. The largest absolute Gasteiger partial charge is 0.490 e. The Morgan fingerprint density at radius 3 is 2.62 bits per heavy atom. The zero-order valence-corrected chi connectivity index (χ0v) is 18.5. The molecule has 0 atom stereocenters. The van der Waals surface area contributed by atoms with E-state index in [4.69, 9.17) is 10.5 Å². The number of aliphatic imine (C=N–C) groups is 1. The molecule has 0 bridgehead atoms. The number of benzene rings is 1. The Labute approximate surface area is 187 Å². The summed E-state index contributed by atoms with van der Waals surface area (Å²) in [4.78, 5) is 29.4. The predicted molar refractivity (Wildman–Crippen MR) is 127 cm³/mol. The SMILES string of the molecule is CN=CC(=CN)c1ccc(OC(C)C)c(-c2cnc(NC(=O)c3cnccc3C)cn2)c1. The van der Waals surface area contributed by atoms with Crippen molar-refractivity contribution in [3.05, 3.63) is 71.9 Å². The minimum atomic E-state index is -0.292. The highest BCUT2D eigenvalue weighted by atomic mass is 16.5. The topological polar surface area (TPSA) is 115 Å². The fraction of sp³-hybridized carbons (Fsp3) is 0.208. The lowest BCUT2D eigenvalue weighted by Gasteiger charge is -2.16. The summed E-state index contributed by atoms with van der Waals surface area (Å²) in [7, 11) is 1.69. The summed E-state index contributed by atoms with van der Waals surface area (Å²) >= 11 is 0. The smallest absolute Gasteiger partial charge is 0.258 e. The normalized spacial score (nSPS) is 11.7. The number of allylic oxidation sites excluding steroid dienone is 1. The lowest BCUT2D eigenvalue weighted by Crippen LogP contribution is -2.15. The van der Waals surface area contributed by atoms with Gasteiger partial charge in [-0.1, -0.05) is 6.07 Å². The molecule has 0 fully saturated rings. The Morgan fingerprint density at radius 1 is 1.19 bits per heavy atom. The third kappa shape index (κ3) is 5.34. The maximum atomic E-state index is 12.5. The van der Waals surface area contributed by atoms with Crippen LogP contribution in [0.25, 0.3) is 16.8 Å². The molecular formula is C24H26N6O2. The highest BCUT2D eigenvalue weighted by Gasteiger charge is 2.14. The van der Waals surface area contributed by atoms with Crippen LogP contribution in [0.15, 0.2) is 60.2 Å². The van der Waals surface area contributed by atoms with E-state index in [1.54, 1.807) is 31.7 Å². The number of ether oxygens (including phenoxy) is 1. The third-order valence-electron chi connectivity index (χ3n) is 4.58. The van der Waals surface area contributed by atoms with E-state index in [1.165, 1.54) is 18.6 Å². The number of nitrogens with one attached hydrogen (secondary N) is 1. The Kier molecular flexibility index (Phi) is 7.28. The number of pyridine rings is 1. The lowest BCUT2D eigenvalue weighted by molar-refractivity contribution is 0.102. The molecule has 1 amide bonds. The van der Waals surface area contributed by atoms with Crippen LogP contribution in [0.3, 0.4) is 0 Å². The van der Waals surface area contributed by atoms with Crippen LogP contribution in [-0.4, -0.2) is 40.2 Å². The van der Waals surface area contributed by atoms with Gasteiger partial charge in [0.05, 0.1) is 29.8 Å². The van der Waals surface area contributed by atoms with Crippen LogP contribution in [0.4, 0.5) is 5.82 Å². The molecular weight excluding hydrogens is 404 g/mol. The minimum Gasteiger partial charge on any atom is -0.490 e. The van der Waals surface area contributed by atoms with Crippen molar-refractivity contribution in [3.63, 3.8) is 0 Å². The van der Waals surface area contributed by atoms with Gasteiger partial charge in [-0.3, -0.25) is 19.8 Å². The van der Waals surface area contributed by atoms with Crippen LogP contribution in [0.2, 0.25) is 0 Å². The number of aryl methyl sites for hydroxylation is 1. The van der Waals surface area contributed by atoms with Crippen molar-refractivity contribution in [2.24, 2.45) is 10.7 Å². The molecule has 0 aliphatic carbocycles. The first-order valence-corrected chi connectivity index (χ1v) is 10.1. The maximum absolute atomic E-state index is 12.5. The number of rotatable bonds is 7. The predicted octanol–water partition coefficient (Wildman–Crippen LogP) is 3.89. The summed E-state index contributed by atoms with van der Waals surface area (Å²) in [6.45, 7) is 5.76. The molecule has 8 nitrogen and oxygen atoms in total. The van der Waals surface area contributed by atoms with Crippen molar-refractivity contribution in [3.8, 4) is 17.0 Å². The van der Waals surface area contributed by atoms with Gasteiger partial charge in [-0.05, 0) is 50.1 Å². The number of nitrogens with zero attached hydrogens (tertiary/aromatic N) is 4. The van der Waals surface area contributed by atoms with Crippen LogP contribution in [0.1, 0.15) is 35.3 Å². The molecule has 0 unspecified atom stereocenters. The van der Waals surface area contributed by atoms with Crippen LogP contribution in [0, 0.1) is 6.92 Å². The molecule has 3 aromatic rings. The first-order valence-electron chi connectivity index (χ1n) is 10.1. The number of hydrogen-bond donors (Lipinski definition) is 2. The molecule has 0 aliphatic heterocycles. The maximum Gasteiger partial charge on any atom is 0.258 e. The van der Waals surface area contributed by atoms with E-state index in [-0.39, 0.29) is 12.0 Å². The molecule has 0 spiro atoms. The number of amides is 1. The number of hydrogen-bond acceptors (Lipinski definition) is 7. The summed E-state index contributed by atoms with van der Waals surface area (Å²) in [5, 5.41) is 2.75. The van der Waals surface area contributed by atoms with Crippen molar-refractivity contribution in [1.82, 2.24) is 15.0 Å². The van der Waals surface area contributed by atoms with Crippen LogP contribution in [-0.2, 0) is 0 Å². The van der Waals surface area contributed by atoms with Crippen LogP contribution < -0.4 is 15.8 Å². The van der Waals surface area contributed by atoms with Crippen LogP contribution >= 0.6 is 0 Å². The Morgan fingerprint density at radius 2 is 2.00 bits per heavy atom. The molecule has 32 heavy (non-hydrogen) atoms. The van der Waals surface area contributed by atoms with Gasteiger partial charge in [-0.2, -0.15) is 0 Å². The molecule has 3 rings (SSSR count). The lowest BCUT2D eigenvalue weighted by atomic mass is 10.0. The van der Waals surface area contributed by atoms with Crippen molar-refractivity contribution >= 4 is 23.5 Å².